The summed E-state index contributed by atoms with van der Waals surface area (Å²) in [6.07, 6.45) is 3.87. The third-order valence-electron chi connectivity index (χ3n) is 4.35. The van der Waals surface area contributed by atoms with Crippen molar-refractivity contribution in [3.8, 4) is 5.75 Å². The maximum atomic E-state index is 11.3. The van der Waals surface area contributed by atoms with Crippen LogP contribution in [0.5, 0.6) is 5.75 Å². The van der Waals surface area contributed by atoms with Crippen LogP contribution in [0.1, 0.15) is 18.4 Å². The smallest absolute Gasteiger partial charge is 0.248 e. The minimum absolute atomic E-state index is 0.0672. The van der Waals surface area contributed by atoms with E-state index in [0.29, 0.717) is 6.61 Å². The number of pyridine rings is 2. The molecule has 0 atom stereocenters. The van der Waals surface area contributed by atoms with Crippen LogP contribution < -0.4 is 10.3 Å². The highest BCUT2D eigenvalue weighted by atomic mass is 32.1. The summed E-state index contributed by atoms with van der Waals surface area (Å²) >= 11 is 4.16. The molecule has 0 unspecified atom stereocenters. The standard InChI is InChI=1S/C14H17NO2S.C9H7N/c1-10-8-14(16)15-13-5-4-11(9-12(10)13)17-6-2-3-7-18;1-2-6-9-8(4-1)5-3-7-10-9/h4-5,8-9,18H,2-3,6-7H2,1H3,(H,15,16);1-7H. The fraction of sp³-hybridized carbons (Fsp3) is 0.217. The summed E-state index contributed by atoms with van der Waals surface area (Å²) in [5.74, 6) is 1.73. The predicted molar refractivity (Wildman–Crippen MR) is 120 cm³/mol. The first-order valence-corrected chi connectivity index (χ1v) is 9.98. The number of unbranched alkanes of at least 4 members (excludes halogenated alkanes) is 1. The van der Waals surface area contributed by atoms with Gasteiger partial charge in [0.05, 0.1) is 12.1 Å². The summed E-state index contributed by atoms with van der Waals surface area (Å²) in [7, 11) is 0. The normalized spacial score (nSPS) is 10.5. The van der Waals surface area contributed by atoms with E-state index in [1.165, 1.54) is 5.39 Å². The number of benzene rings is 2. The van der Waals surface area contributed by atoms with E-state index in [1.807, 2.05) is 55.6 Å². The Morgan fingerprint density at radius 3 is 2.68 bits per heavy atom. The van der Waals surface area contributed by atoms with E-state index < -0.39 is 0 Å². The number of aromatic nitrogens is 2. The SMILES string of the molecule is Cc1cc(=O)[nH]c2ccc(OCCCCS)cc12.c1ccc2ncccc2c1. The van der Waals surface area contributed by atoms with E-state index in [9.17, 15) is 4.79 Å². The molecule has 4 aromatic rings. The van der Waals surface area contributed by atoms with Gasteiger partial charge in [-0.3, -0.25) is 9.78 Å². The maximum absolute atomic E-state index is 11.3. The second kappa shape index (κ2) is 9.95. The monoisotopic (exact) mass is 392 g/mol. The first-order valence-electron chi connectivity index (χ1n) is 9.34. The van der Waals surface area contributed by atoms with Gasteiger partial charge >= 0.3 is 0 Å². The molecule has 2 aromatic heterocycles. The molecule has 0 amide bonds. The lowest BCUT2D eigenvalue weighted by molar-refractivity contribution is 0.310. The second-order valence-electron chi connectivity index (χ2n) is 6.50. The minimum Gasteiger partial charge on any atom is -0.494 e. The van der Waals surface area contributed by atoms with Crippen molar-refractivity contribution < 1.29 is 4.74 Å². The summed E-state index contributed by atoms with van der Waals surface area (Å²) in [5, 5.41) is 2.23. The highest BCUT2D eigenvalue weighted by molar-refractivity contribution is 7.80. The Bertz CT molecular complexity index is 1040. The van der Waals surface area contributed by atoms with Gasteiger partial charge in [0.2, 0.25) is 5.56 Å². The van der Waals surface area contributed by atoms with Crippen LogP contribution in [0.4, 0.5) is 0 Å². The zero-order valence-electron chi connectivity index (χ0n) is 15.9. The lowest BCUT2D eigenvalue weighted by Gasteiger charge is -2.08. The molecule has 0 fully saturated rings. The van der Waals surface area contributed by atoms with E-state index in [1.54, 1.807) is 6.07 Å². The topological polar surface area (TPSA) is 55.0 Å². The van der Waals surface area contributed by atoms with Crippen molar-refractivity contribution in [1.29, 1.82) is 0 Å². The van der Waals surface area contributed by atoms with Crippen LogP contribution in [0.2, 0.25) is 0 Å². The summed E-state index contributed by atoms with van der Waals surface area (Å²) < 4.78 is 5.68. The number of aromatic amines is 1. The minimum atomic E-state index is -0.0672. The van der Waals surface area contributed by atoms with Gasteiger partial charge in [-0.25, -0.2) is 0 Å². The third kappa shape index (κ3) is 5.36. The first kappa shape index (κ1) is 20.0. The highest BCUT2D eigenvalue weighted by Crippen LogP contribution is 2.21. The third-order valence-corrected chi connectivity index (χ3v) is 4.67. The molecule has 5 heteroatoms. The largest absolute Gasteiger partial charge is 0.494 e. The molecule has 0 saturated carbocycles. The average Bonchev–Trinajstić information content (AvgIpc) is 2.72. The number of nitrogens with one attached hydrogen (secondary N) is 1. The van der Waals surface area contributed by atoms with Crippen LogP contribution in [0, 0.1) is 6.92 Å². The van der Waals surface area contributed by atoms with E-state index in [2.05, 4.69) is 34.7 Å². The lowest BCUT2D eigenvalue weighted by atomic mass is 10.1. The van der Waals surface area contributed by atoms with Crippen molar-refractivity contribution >= 4 is 34.4 Å². The van der Waals surface area contributed by atoms with Crippen molar-refractivity contribution in [2.45, 2.75) is 19.8 Å². The van der Waals surface area contributed by atoms with Gasteiger partial charge in [0.1, 0.15) is 5.75 Å². The summed E-state index contributed by atoms with van der Waals surface area (Å²) in [6, 6.07) is 19.4. The van der Waals surface area contributed by atoms with Crippen LogP contribution in [0.25, 0.3) is 21.8 Å². The predicted octanol–water partition coefficient (Wildman–Crippen LogP) is 5.16. The van der Waals surface area contributed by atoms with Crippen LogP contribution in [0.15, 0.2) is 71.7 Å². The Kier molecular flexibility index (Phi) is 7.09. The average molecular weight is 393 g/mol. The molecule has 28 heavy (non-hydrogen) atoms. The molecular formula is C23H24N2O2S. The number of rotatable bonds is 5. The van der Waals surface area contributed by atoms with Crippen molar-refractivity contribution in [3.63, 3.8) is 0 Å². The van der Waals surface area contributed by atoms with Gasteiger partial charge in [-0.15, -0.1) is 0 Å². The Labute approximate surface area is 170 Å². The Morgan fingerprint density at radius 1 is 1.04 bits per heavy atom. The molecule has 1 N–H and O–H groups in total. The summed E-state index contributed by atoms with van der Waals surface area (Å²) in [4.78, 5) is 18.3. The van der Waals surface area contributed by atoms with Gasteiger partial charge in [0, 0.05) is 28.6 Å². The van der Waals surface area contributed by atoms with Gasteiger partial charge in [0.15, 0.2) is 0 Å². The number of H-pyrrole nitrogens is 1. The van der Waals surface area contributed by atoms with Crippen LogP contribution in [0.3, 0.4) is 0 Å². The number of thiol groups is 1. The molecule has 0 aliphatic rings. The van der Waals surface area contributed by atoms with E-state index in [0.717, 1.165) is 46.3 Å². The molecule has 4 nitrogen and oxygen atoms in total. The van der Waals surface area contributed by atoms with Gasteiger partial charge in [-0.1, -0.05) is 24.3 Å². The molecular weight excluding hydrogens is 368 g/mol. The molecule has 144 valence electrons. The maximum Gasteiger partial charge on any atom is 0.248 e. The molecule has 0 saturated heterocycles. The molecule has 0 bridgehead atoms. The van der Waals surface area contributed by atoms with Crippen LogP contribution in [-0.2, 0) is 0 Å². The van der Waals surface area contributed by atoms with Crippen molar-refractivity contribution in [2.24, 2.45) is 0 Å². The van der Waals surface area contributed by atoms with Gasteiger partial charge in [-0.2, -0.15) is 12.6 Å². The molecule has 0 spiro atoms. The second-order valence-corrected chi connectivity index (χ2v) is 6.95. The number of hydrogen-bond acceptors (Lipinski definition) is 4. The highest BCUT2D eigenvalue weighted by Gasteiger charge is 2.02. The fourth-order valence-electron chi connectivity index (χ4n) is 2.91. The molecule has 4 rings (SSSR count). The van der Waals surface area contributed by atoms with E-state index in [-0.39, 0.29) is 5.56 Å². The van der Waals surface area contributed by atoms with Gasteiger partial charge < -0.3 is 9.72 Å². The number of para-hydroxylation sites is 1. The Balaban J connectivity index is 0.000000188. The lowest BCUT2D eigenvalue weighted by Crippen LogP contribution is -2.05. The number of ether oxygens (including phenoxy) is 1. The molecule has 0 radical (unpaired) electrons. The zero-order valence-corrected chi connectivity index (χ0v) is 16.8. The van der Waals surface area contributed by atoms with Gasteiger partial charge in [-0.05, 0) is 61.4 Å². The number of aryl methyl sites for hydroxylation is 1. The summed E-state index contributed by atoms with van der Waals surface area (Å²) in [5.41, 5.74) is 2.81. The van der Waals surface area contributed by atoms with Crippen molar-refractivity contribution in [3.05, 3.63) is 82.8 Å². The zero-order chi connectivity index (χ0) is 19.8. The molecule has 2 heterocycles. The van der Waals surface area contributed by atoms with Crippen molar-refractivity contribution in [2.75, 3.05) is 12.4 Å². The number of hydrogen-bond donors (Lipinski definition) is 2. The fourth-order valence-corrected chi connectivity index (χ4v) is 3.14. The number of fused-ring (bicyclic) bond motifs is 2. The molecule has 0 aliphatic heterocycles. The van der Waals surface area contributed by atoms with Crippen molar-refractivity contribution in [1.82, 2.24) is 9.97 Å². The van der Waals surface area contributed by atoms with E-state index in [4.69, 9.17) is 4.74 Å². The Morgan fingerprint density at radius 2 is 1.86 bits per heavy atom. The molecule has 2 aromatic carbocycles. The van der Waals surface area contributed by atoms with E-state index >= 15 is 0 Å². The quantitative estimate of drug-likeness (QED) is 0.364. The van der Waals surface area contributed by atoms with Gasteiger partial charge in [0.25, 0.3) is 0 Å². The van der Waals surface area contributed by atoms with Crippen LogP contribution >= 0.6 is 12.6 Å². The first-order chi connectivity index (χ1) is 13.7. The summed E-state index contributed by atoms with van der Waals surface area (Å²) in [6.45, 7) is 2.64. The molecule has 0 aliphatic carbocycles. The number of nitrogens with zero attached hydrogens (tertiary/aromatic N) is 1. The van der Waals surface area contributed by atoms with Crippen LogP contribution in [-0.4, -0.2) is 22.3 Å². The Hall–Kier alpha value is -2.79.